The maximum Gasteiger partial charge on any atom is 0.339 e. The van der Waals surface area contributed by atoms with Gasteiger partial charge in [-0.2, -0.15) is 0 Å². The molecule has 2 aliphatic heterocycles. The molecular weight excluding hydrogens is 396 g/mol. The molecule has 8 nitrogen and oxygen atoms in total. The Balaban J connectivity index is 1.34. The Morgan fingerprint density at radius 3 is 2.10 bits per heavy atom. The minimum atomic E-state index is -0.766. The molecule has 8 heteroatoms. The van der Waals surface area contributed by atoms with Crippen molar-refractivity contribution in [3.05, 3.63) is 65.7 Å². The van der Waals surface area contributed by atoms with E-state index in [0.717, 1.165) is 52.1 Å². The quantitative estimate of drug-likeness (QED) is 0.418. The third-order valence-corrected chi connectivity index (χ3v) is 5.81. The first-order chi connectivity index (χ1) is 14.9. The average molecular weight is 421 g/mol. The van der Waals surface area contributed by atoms with Gasteiger partial charge >= 0.3 is 17.8 Å². The summed E-state index contributed by atoms with van der Waals surface area (Å²) in [5.41, 5.74) is 2.53. The van der Waals surface area contributed by atoms with Gasteiger partial charge in [-0.25, -0.2) is 9.69 Å². The molecule has 0 spiro atoms. The predicted molar refractivity (Wildman–Crippen MR) is 113 cm³/mol. The molecule has 0 aromatic heterocycles. The topological polar surface area (TPSA) is 82.4 Å². The van der Waals surface area contributed by atoms with Gasteiger partial charge < -0.3 is 9.80 Å². The lowest BCUT2D eigenvalue weighted by atomic mass is 10.1. The van der Waals surface area contributed by atoms with Crippen molar-refractivity contribution < 1.29 is 24.1 Å². The molecule has 0 aliphatic carbocycles. The number of hydrogen-bond acceptors (Lipinski definition) is 5. The maximum atomic E-state index is 12.7. The number of urea groups is 1. The molecule has 2 saturated heterocycles. The second-order valence-electron chi connectivity index (χ2n) is 7.89. The fourth-order valence-corrected chi connectivity index (χ4v) is 3.97. The van der Waals surface area contributed by atoms with Crippen molar-refractivity contribution in [3.63, 3.8) is 0 Å². The molecule has 0 saturated carbocycles. The van der Waals surface area contributed by atoms with Gasteiger partial charge in [-0.3, -0.25) is 19.3 Å². The first kappa shape index (κ1) is 20.7. The summed E-state index contributed by atoms with van der Waals surface area (Å²) < 4.78 is 0. The lowest BCUT2D eigenvalue weighted by Gasteiger charge is -2.34. The summed E-state index contributed by atoms with van der Waals surface area (Å²) in [6.07, 6.45) is 0. The smallest absolute Gasteiger partial charge is 0.339 e. The van der Waals surface area contributed by atoms with Crippen LogP contribution < -0.4 is 9.80 Å². The number of piperazine rings is 1. The Morgan fingerprint density at radius 1 is 0.871 bits per heavy atom. The maximum absolute atomic E-state index is 12.7. The Bertz CT molecular complexity index is 998. The third-order valence-electron chi connectivity index (χ3n) is 5.81. The number of nitrogens with one attached hydrogen (secondary N) is 1. The number of quaternary nitrogens is 1. The van der Waals surface area contributed by atoms with E-state index in [2.05, 4.69) is 4.90 Å². The van der Waals surface area contributed by atoms with E-state index in [9.17, 15) is 19.2 Å². The van der Waals surface area contributed by atoms with Gasteiger partial charge in [0.05, 0.1) is 32.7 Å². The third kappa shape index (κ3) is 4.34. The van der Waals surface area contributed by atoms with E-state index in [1.807, 2.05) is 54.6 Å². The van der Waals surface area contributed by atoms with Gasteiger partial charge in [0.25, 0.3) is 0 Å². The highest BCUT2D eigenvalue weighted by atomic mass is 16.2. The van der Waals surface area contributed by atoms with Crippen LogP contribution in [0.1, 0.15) is 22.8 Å². The van der Waals surface area contributed by atoms with Crippen molar-refractivity contribution in [2.45, 2.75) is 13.5 Å². The number of ketones is 1. The number of imide groups is 2. The van der Waals surface area contributed by atoms with Crippen LogP contribution in [0.3, 0.4) is 0 Å². The molecule has 0 bridgehead atoms. The summed E-state index contributed by atoms with van der Waals surface area (Å²) in [5.74, 6) is -1.48. The lowest BCUT2D eigenvalue weighted by Crippen LogP contribution is -3.16. The fraction of sp³-hybridized carbons (Fsp3) is 0.304. The number of hydrogen-bond donors (Lipinski definition) is 1. The van der Waals surface area contributed by atoms with Crippen LogP contribution in [-0.2, 0) is 16.1 Å². The standard InChI is InChI=1S/C23H24N4O4/c1-17(28)19-7-9-20(10-8-19)25-13-11-24(12-14-25)16-27-22(30)21(29)26(23(27)31)15-18-5-3-2-4-6-18/h2-10H,11-16H2,1H3/p+1. The molecule has 2 aliphatic rings. The SMILES string of the molecule is CC(=O)c1ccc(N2CC[NH+](CN3C(=O)C(=O)N(Cc4ccccc4)C3=O)CC2)cc1. The number of rotatable bonds is 6. The summed E-state index contributed by atoms with van der Waals surface area (Å²) >= 11 is 0. The molecule has 0 radical (unpaired) electrons. The highest BCUT2D eigenvalue weighted by molar-refractivity contribution is 6.44. The van der Waals surface area contributed by atoms with E-state index in [-0.39, 0.29) is 19.0 Å². The van der Waals surface area contributed by atoms with Crippen LogP contribution in [0.15, 0.2) is 54.6 Å². The van der Waals surface area contributed by atoms with Crippen LogP contribution in [0.4, 0.5) is 10.5 Å². The second-order valence-corrected chi connectivity index (χ2v) is 7.89. The Labute approximate surface area is 180 Å². The van der Waals surface area contributed by atoms with Gasteiger partial charge in [-0.05, 0) is 36.8 Å². The lowest BCUT2D eigenvalue weighted by molar-refractivity contribution is -0.907. The molecule has 4 amide bonds. The van der Waals surface area contributed by atoms with Gasteiger partial charge in [0.15, 0.2) is 12.5 Å². The fourth-order valence-electron chi connectivity index (χ4n) is 3.97. The number of carbonyl (C=O) groups excluding carboxylic acids is 4. The first-order valence-electron chi connectivity index (χ1n) is 10.3. The number of amides is 4. The zero-order valence-electron chi connectivity index (χ0n) is 17.4. The summed E-state index contributed by atoms with van der Waals surface area (Å²) in [6.45, 7) is 4.81. The summed E-state index contributed by atoms with van der Waals surface area (Å²) in [7, 11) is 0. The van der Waals surface area contributed by atoms with Crippen LogP contribution in [0.25, 0.3) is 0 Å². The minimum Gasteiger partial charge on any atom is -0.360 e. The van der Waals surface area contributed by atoms with E-state index in [0.29, 0.717) is 5.56 Å². The molecule has 2 heterocycles. The molecule has 160 valence electrons. The zero-order valence-corrected chi connectivity index (χ0v) is 17.4. The molecule has 2 aromatic rings. The Hall–Kier alpha value is -3.52. The van der Waals surface area contributed by atoms with Crippen molar-refractivity contribution in [2.75, 3.05) is 37.7 Å². The number of nitrogens with zero attached hydrogens (tertiary/aromatic N) is 3. The first-order valence-corrected chi connectivity index (χ1v) is 10.3. The number of benzene rings is 2. The van der Waals surface area contributed by atoms with Crippen LogP contribution in [0, 0.1) is 0 Å². The Kier molecular flexibility index (Phi) is 5.81. The predicted octanol–water partition coefficient (Wildman–Crippen LogP) is 0.543. The van der Waals surface area contributed by atoms with Crippen molar-refractivity contribution in [1.82, 2.24) is 9.80 Å². The van der Waals surface area contributed by atoms with Gasteiger partial charge in [0.2, 0.25) is 0 Å². The van der Waals surface area contributed by atoms with E-state index in [4.69, 9.17) is 0 Å². The van der Waals surface area contributed by atoms with E-state index < -0.39 is 17.8 Å². The molecule has 0 unspecified atom stereocenters. The average Bonchev–Trinajstić information content (AvgIpc) is 2.99. The van der Waals surface area contributed by atoms with Gasteiger partial charge in [-0.15, -0.1) is 0 Å². The van der Waals surface area contributed by atoms with E-state index in [1.165, 1.54) is 0 Å². The van der Waals surface area contributed by atoms with Crippen LogP contribution in [0.5, 0.6) is 0 Å². The highest BCUT2D eigenvalue weighted by Crippen LogP contribution is 2.17. The number of Topliss-reactive ketones (excluding diaryl/α,β-unsaturated/α-hetero) is 1. The van der Waals surface area contributed by atoms with Crippen molar-refractivity contribution in [3.8, 4) is 0 Å². The largest absolute Gasteiger partial charge is 0.360 e. The minimum absolute atomic E-state index is 0.0385. The molecule has 4 rings (SSSR count). The highest BCUT2D eigenvalue weighted by Gasteiger charge is 2.46. The van der Waals surface area contributed by atoms with Crippen molar-refractivity contribution in [1.29, 1.82) is 0 Å². The Morgan fingerprint density at radius 2 is 1.48 bits per heavy atom. The van der Waals surface area contributed by atoms with E-state index in [1.54, 1.807) is 6.92 Å². The number of carbonyl (C=O) groups is 4. The molecule has 2 aromatic carbocycles. The summed E-state index contributed by atoms with van der Waals surface area (Å²) in [4.78, 5) is 54.3. The summed E-state index contributed by atoms with van der Waals surface area (Å²) in [5, 5.41) is 0. The molecule has 31 heavy (non-hydrogen) atoms. The van der Waals surface area contributed by atoms with E-state index >= 15 is 0 Å². The molecule has 2 fully saturated rings. The number of anilines is 1. The normalized spacial score (nSPS) is 17.6. The van der Waals surface area contributed by atoms with Crippen molar-refractivity contribution >= 4 is 29.3 Å². The van der Waals surface area contributed by atoms with Gasteiger partial charge in [0, 0.05) is 11.3 Å². The van der Waals surface area contributed by atoms with Crippen molar-refractivity contribution in [2.24, 2.45) is 0 Å². The molecule has 1 N–H and O–H groups in total. The van der Waals surface area contributed by atoms with Gasteiger partial charge in [0.1, 0.15) is 0 Å². The van der Waals surface area contributed by atoms with Crippen LogP contribution >= 0.6 is 0 Å². The molecular formula is C23H25N4O4+. The second kappa shape index (κ2) is 8.69. The summed E-state index contributed by atoms with van der Waals surface area (Å²) in [6, 6.07) is 16.1. The monoisotopic (exact) mass is 421 g/mol. The van der Waals surface area contributed by atoms with Crippen LogP contribution in [0.2, 0.25) is 0 Å². The van der Waals surface area contributed by atoms with Crippen LogP contribution in [-0.4, -0.2) is 66.3 Å². The molecule has 0 atom stereocenters. The zero-order chi connectivity index (χ0) is 22.0. The van der Waals surface area contributed by atoms with Gasteiger partial charge in [-0.1, -0.05) is 30.3 Å².